The molecule has 0 aromatic heterocycles. The number of carboxylic acid groups (broad SMARTS) is 1. The zero-order chi connectivity index (χ0) is 39.5. The van der Waals surface area contributed by atoms with Crippen LogP contribution in [0.1, 0.15) is 77.0 Å². The number of unbranched alkanes of at least 4 members (excludes halogenated alkanes) is 2. The van der Waals surface area contributed by atoms with E-state index in [1.807, 2.05) is 0 Å². The van der Waals surface area contributed by atoms with E-state index in [0.29, 0.717) is 45.2 Å². The van der Waals surface area contributed by atoms with Crippen molar-refractivity contribution in [2.45, 2.75) is 107 Å². The summed E-state index contributed by atoms with van der Waals surface area (Å²) in [7, 11) is 0. The minimum absolute atomic E-state index is 0.0147. The maximum absolute atomic E-state index is 13.8. The Morgan fingerprint density at radius 1 is 0.462 bits per heavy atom. The van der Waals surface area contributed by atoms with E-state index < -0.39 is 59.8 Å². The Bertz CT molecular complexity index is 1190. The van der Waals surface area contributed by atoms with Gasteiger partial charge in [0, 0.05) is 19.6 Å². The molecule has 5 unspecified atom stereocenters. The van der Waals surface area contributed by atoms with Gasteiger partial charge in [0.2, 0.25) is 23.6 Å². The summed E-state index contributed by atoms with van der Waals surface area (Å²) < 4.78 is 0. The van der Waals surface area contributed by atoms with Crippen LogP contribution in [-0.2, 0) is 24.0 Å². The summed E-state index contributed by atoms with van der Waals surface area (Å²) in [5.74, 6) is -4.57. The molecule has 0 rings (SSSR count). The fraction of sp³-hybridized carbons (Fsp3) is 0.733. The minimum atomic E-state index is -1.26. The normalized spacial score (nSPS) is 13.6. The van der Waals surface area contributed by atoms with Gasteiger partial charge in [-0.2, -0.15) is 0 Å². The predicted octanol–water partition coefficient (Wildman–Crippen LogP) is -5.24. The molecule has 52 heavy (non-hydrogen) atoms. The van der Waals surface area contributed by atoms with Gasteiger partial charge in [-0.3, -0.25) is 34.2 Å². The fourth-order valence-electron chi connectivity index (χ4n) is 4.80. The highest BCUT2D eigenvalue weighted by Gasteiger charge is 2.31. The molecule has 0 aliphatic rings. The van der Waals surface area contributed by atoms with Gasteiger partial charge in [0.15, 0.2) is 17.9 Å². The van der Waals surface area contributed by atoms with E-state index in [-0.39, 0.29) is 82.5 Å². The van der Waals surface area contributed by atoms with Crippen molar-refractivity contribution in [1.29, 1.82) is 0 Å². The van der Waals surface area contributed by atoms with E-state index in [1.54, 1.807) is 0 Å². The average molecular weight is 743 g/mol. The Kier molecular flexibility index (Phi) is 25.1. The van der Waals surface area contributed by atoms with E-state index in [4.69, 9.17) is 51.6 Å². The van der Waals surface area contributed by atoms with Crippen molar-refractivity contribution in [1.82, 2.24) is 21.3 Å². The van der Waals surface area contributed by atoms with Crippen molar-refractivity contribution in [2.75, 3.05) is 32.7 Å². The third-order valence-corrected chi connectivity index (χ3v) is 7.60. The Balaban J connectivity index is 6.27. The maximum Gasteiger partial charge on any atom is 0.326 e. The van der Waals surface area contributed by atoms with Crippen LogP contribution in [-0.4, -0.2) is 116 Å². The lowest BCUT2D eigenvalue weighted by molar-refractivity contribution is -0.142. The Morgan fingerprint density at radius 2 is 0.769 bits per heavy atom. The molecule has 0 aromatic carbocycles. The molecule has 0 aliphatic carbocycles. The number of aliphatic carboxylic acids is 1. The molecule has 0 saturated carbocycles. The molecule has 4 amide bonds. The van der Waals surface area contributed by atoms with E-state index in [0.717, 1.165) is 0 Å². The number of nitrogens with two attached hydrogens (primary N) is 9. The number of guanidine groups is 3. The number of hydrogen-bond acceptors (Lipinski definition) is 11. The minimum Gasteiger partial charge on any atom is -0.480 e. The monoisotopic (exact) mass is 743 g/mol. The van der Waals surface area contributed by atoms with E-state index >= 15 is 0 Å². The van der Waals surface area contributed by atoms with E-state index in [9.17, 15) is 29.1 Å². The number of nitrogens with one attached hydrogen (secondary N) is 4. The molecule has 0 bridgehead atoms. The zero-order valence-electron chi connectivity index (χ0n) is 29.9. The van der Waals surface area contributed by atoms with Gasteiger partial charge in [-0.15, -0.1) is 0 Å². The summed E-state index contributed by atoms with van der Waals surface area (Å²) in [4.78, 5) is 77.4. The van der Waals surface area contributed by atoms with Gasteiger partial charge in [-0.25, -0.2) is 4.79 Å². The molecule has 22 nitrogen and oxygen atoms in total. The standard InChI is InChI=1S/C30H62N16O6/c31-13-3-1-8-18(33)23(47)43-19(10-5-15-40-28(34)35)24(48)44-20(11-6-16-41-29(36)37)25(49)45-21(12-7-17-42-30(38)39)26(50)46-22(27(51)52)9-2-4-14-32/h18-22H,1-17,31-33H2,(H,43,47)(H,44,48)(H,45,49)(H,46,50)(H,51,52)(H4,34,35,40)(H4,36,37,41)(H4,38,39,42). The summed E-state index contributed by atoms with van der Waals surface area (Å²) in [5, 5.41) is 20.1. The average Bonchev–Trinajstić information content (AvgIpc) is 3.07. The van der Waals surface area contributed by atoms with Gasteiger partial charge in [0.05, 0.1) is 6.04 Å². The summed E-state index contributed by atoms with van der Waals surface area (Å²) in [6, 6.07) is -5.78. The number of rotatable bonds is 29. The molecule has 0 radical (unpaired) electrons. The topological polar surface area (TPSA) is 425 Å². The summed E-state index contributed by atoms with van der Waals surface area (Å²) in [5.41, 5.74) is 49.6. The first kappa shape index (κ1) is 47.0. The SMILES string of the molecule is NCCCCC(N)C(=O)NC(CCCN=C(N)N)C(=O)NC(CCCN=C(N)N)C(=O)NC(CCCN=C(N)N)C(=O)NC(CCCCN)C(=O)O. The number of carbonyl (C=O) groups excluding carboxylic acids is 4. The van der Waals surface area contributed by atoms with Crippen LogP contribution >= 0.6 is 0 Å². The van der Waals surface area contributed by atoms with Gasteiger partial charge < -0.3 is 78.0 Å². The van der Waals surface area contributed by atoms with Gasteiger partial charge in [-0.05, 0) is 83.7 Å². The Labute approximate surface area is 304 Å². The summed E-state index contributed by atoms with van der Waals surface area (Å²) in [6.07, 6.45) is 3.58. The number of carboxylic acids is 1. The number of nitrogens with zero attached hydrogens (tertiary/aromatic N) is 3. The summed E-state index contributed by atoms with van der Waals surface area (Å²) in [6.45, 7) is 1.18. The lowest BCUT2D eigenvalue weighted by Crippen LogP contribution is -2.58. The molecule has 0 spiro atoms. The lowest BCUT2D eigenvalue weighted by Gasteiger charge is -2.26. The first-order valence-electron chi connectivity index (χ1n) is 17.4. The van der Waals surface area contributed by atoms with Crippen molar-refractivity contribution in [2.24, 2.45) is 66.6 Å². The Morgan fingerprint density at radius 3 is 1.10 bits per heavy atom. The maximum atomic E-state index is 13.8. The third kappa shape index (κ3) is 22.7. The third-order valence-electron chi connectivity index (χ3n) is 7.60. The predicted molar refractivity (Wildman–Crippen MR) is 199 cm³/mol. The molecule has 0 saturated heterocycles. The van der Waals surface area contributed by atoms with E-state index in [2.05, 4.69) is 36.2 Å². The molecule has 22 heteroatoms. The molecule has 298 valence electrons. The highest BCUT2D eigenvalue weighted by atomic mass is 16.4. The second kappa shape index (κ2) is 27.7. The van der Waals surface area contributed by atoms with Gasteiger partial charge in [-0.1, -0.05) is 6.42 Å². The quantitative estimate of drug-likeness (QED) is 0.0193. The second-order valence-corrected chi connectivity index (χ2v) is 12.1. The first-order valence-corrected chi connectivity index (χ1v) is 17.4. The Hall–Kier alpha value is -4.96. The number of aliphatic imine (C=N–C) groups is 3. The largest absolute Gasteiger partial charge is 0.480 e. The van der Waals surface area contributed by atoms with Crippen LogP contribution in [0, 0.1) is 0 Å². The lowest BCUT2D eigenvalue weighted by atomic mass is 10.0. The van der Waals surface area contributed by atoms with Crippen LogP contribution in [0.25, 0.3) is 0 Å². The van der Waals surface area contributed by atoms with Gasteiger partial charge in [0.25, 0.3) is 0 Å². The van der Waals surface area contributed by atoms with Crippen molar-refractivity contribution in [3.8, 4) is 0 Å². The number of amides is 4. The first-order chi connectivity index (χ1) is 24.6. The smallest absolute Gasteiger partial charge is 0.326 e. The molecule has 0 heterocycles. The van der Waals surface area contributed by atoms with Gasteiger partial charge in [0.1, 0.15) is 24.2 Å². The van der Waals surface area contributed by atoms with Crippen molar-refractivity contribution >= 4 is 47.5 Å². The van der Waals surface area contributed by atoms with Crippen molar-refractivity contribution < 1.29 is 29.1 Å². The molecule has 0 aromatic rings. The molecule has 5 atom stereocenters. The van der Waals surface area contributed by atoms with E-state index in [1.165, 1.54) is 0 Å². The highest BCUT2D eigenvalue weighted by molar-refractivity contribution is 5.95. The second-order valence-electron chi connectivity index (χ2n) is 12.1. The highest BCUT2D eigenvalue weighted by Crippen LogP contribution is 2.08. The number of carbonyl (C=O) groups is 5. The van der Waals surface area contributed by atoms with Crippen LogP contribution in [0.15, 0.2) is 15.0 Å². The summed E-state index contributed by atoms with van der Waals surface area (Å²) >= 11 is 0. The molecule has 0 fully saturated rings. The van der Waals surface area contributed by atoms with Gasteiger partial charge >= 0.3 is 5.97 Å². The molecular formula is C30H62N16O6. The van der Waals surface area contributed by atoms with Crippen LogP contribution in [0.4, 0.5) is 0 Å². The molecular weight excluding hydrogens is 680 g/mol. The zero-order valence-corrected chi connectivity index (χ0v) is 29.9. The van der Waals surface area contributed by atoms with Crippen molar-refractivity contribution in [3.05, 3.63) is 0 Å². The molecule has 23 N–H and O–H groups in total. The molecule has 0 aliphatic heterocycles. The van der Waals surface area contributed by atoms with Crippen molar-refractivity contribution in [3.63, 3.8) is 0 Å². The van der Waals surface area contributed by atoms with Crippen LogP contribution in [0.3, 0.4) is 0 Å². The van der Waals surface area contributed by atoms with Crippen LogP contribution in [0.2, 0.25) is 0 Å². The number of hydrogen-bond donors (Lipinski definition) is 14. The van der Waals surface area contributed by atoms with Crippen LogP contribution < -0.4 is 72.9 Å². The fourth-order valence-corrected chi connectivity index (χ4v) is 4.80. The van der Waals surface area contributed by atoms with Crippen LogP contribution in [0.5, 0.6) is 0 Å².